The quantitative estimate of drug-likeness (QED) is 0.107. The van der Waals surface area contributed by atoms with Gasteiger partial charge in [0.05, 0.1) is 47.9 Å². The van der Waals surface area contributed by atoms with Crippen LogP contribution >= 0.6 is 23.1 Å². The van der Waals surface area contributed by atoms with Crippen LogP contribution in [0.25, 0.3) is 5.69 Å². The highest BCUT2D eigenvalue weighted by atomic mass is 32.2. The number of anilines is 1. The number of carbonyl (C=O) groups excluding carboxylic acids is 4. The zero-order valence-corrected chi connectivity index (χ0v) is 26.7. The molecule has 11 nitrogen and oxygen atoms in total. The Balaban J connectivity index is 1.60. The summed E-state index contributed by atoms with van der Waals surface area (Å²) in [4.78, 5) is 50.9. The number of amides is 2. The molecule has 0 bridgehead atoms. The van der Waals surface area contributed by atoms with E-state index in [0.29, 0.717) is 0 Å². The normalized spacial score (nSPS) is 11.2. The minimum atomic E-state index is -4.67. The second-order valence-corrected chi connectivity index (χ2v) is 11.4. The summed E-state index contributed by atoms with van der Waals surface area (Å²) in [6.07, 6.45) is -4.67. The summed E-state index contributed by atoms with van der Waals surface area (Å²) in [5.41, 5.74) is -0.975. The molecule has 0 unspecified atom stereocenters. The minimum Gasteiger partial charge on any atom is -0.462 e. The van der Waals surface area contributed by atoms with Crippen LogP contribution in [0.3, 0.4) is 0 Å². The van der Waals surface area contributed by atoms with Crippen LogP contribution in [0.15, 0.2) is 53.7 Å². The van der Waals surface area contributed by atoms with Gasteiger partial charge in [0.25, 0.3) is 5.91 Å². The van der Waals surface area contributed by atoms with E-state index in [1.54, 1.807) is 13.8 Å². The number of thiophene rings is 1. The van der Waals surface area contributed by atoms with E-state index >= 15 is 0 Å². The van der Waals surface area contributed by atoms with Crippen molar-refractivity contribution in [2.45, 2.75) is 38.6 Å². The van der Waals surface area contributed by atoms with E-state index in [4.69, 9.17) is 9.47 Å². The number of alkyl halides is 3. The molecule has 2 aromatic heterocycles. The lowest BCUT2D eigenvalue weighted by molar-refractivity contribution is -0.137. The highest BCUT2D eigenvalue weighted by Gasteiger charge is 2.31. The molecular weight excluding hydrogens is 666 g/mol. The molecule has 0 atom stereocenters. The van der Waals surface area contributed by atoms with Gasteiger partial charge >= 0.3 is 18.1 Å². The molecule has 4 rings (SSSR count). The monoisotopic (exact) mass is 693 g/mol. The van der Waals surface area contributed by atoms with Crippen molar-refractivity contribution < 1.29 is 46.2 Å². The molecule has 0 saturated carbocycles. The first-order chi connectivity index (χ1) is 22.3. The third kappa shape index (κ3) is 8.34. The molecule has 0 aliphatic rings. The van der Waals surface area contributed by atoms with Crippen molar-refractivity contribution in [1.82, 2.24) is 20.1 Å². The van der Waals surface area contributed by atoms with E-state index < -0.39 is 41.3 Å². The second-order valence-electron chi connectivity index (χ2n) is 9.48. The molecule has 2 aromatic carbocycles. The maximum absolute atomic E-state index is 14.1. The van der Waals surface area contributed by atoms with Gasteiger partial charge in [-0.1, -0.05) is 30.0 Å². The number of nitrogens with one attached hydrogen (secondary N) is 2. The second kappa shape index (κ2) is 15.2. The lowest BCUT2D eigenvalue weighted by atomic mass is 10.1. The van der Waals surface area contributed by atoms with Crippen LogP contribution in [0.4, 0.5) is 22.6 Å². The number of aromatic nitrogens is 3. The fraction of sp³-hybridized carbons (Fsp3) is 0.267. The third-order valence-electron chi connectivity index (χ3n) is 6.33. The Labute approximate surface area is 273 Å². The van der Waals surface area contributed by atoms with Crippen LogP contribution in [0.5, 0.6) is 0 Å². The highest BCUT2D eigenvalue weighted by Crippen LogP contribution is 2.35. The van der Waals surface area contributed by atoms with E-state index in [0.717, 1.165) is 41.3 Å². The first kappa shape index (κ1) is 35.1. The fourth-order valence-electron chi connectivity index (χ4n) is 4.22. The van der Waals surface area contributed by atoms with Crippen LogP contribution in [0.1, 0.15) is 61.2 Å². The van der Waals surface area contributed by atoms with Crippen molar-refractivity contribution >= 4 is 51.9 Å². The maximum Gasteiger partial charge on any atom is 0.416 e. The van der Waals surface area contributed by atoms with Crippen molar-refractivity contribution in [2.75, 3.05) is 24.3 Å². The Hall–Kier alpha value is -4.77. The number of carbonyl (C=O) groups is 4. The van der Waals surface area contributed by atoms with E-state index in [2.05, 4.69) is 20.8 Å². The van der Waals surface area contributed by atoms with Crippen LogP contribution < -0.4 is 10.6 Å². The molecule has 2 heterocycles. The van der Waals surface area contributed by atoms with E-state index in [-0.39, 0.29) is 68.7 Å². The smallest absolute Gasteiger partial charge is 0.416 e. The summed E-state index contributed by atoms with van der Waals surface area (Å²) in [5, 5.41) is 13.1. The lowest BCUT2D eigenvalue weighted by Gasteiger charge is -2.13. The number of esters is 2. The number of nitrogens with zero attached hydrogens (tertiary/aromatic N) is 3. The molecule has 0 fully saturated rings. The molecule has 2 amide bonds. The number of halogens is 4. The number of ether oxygens (including phenoxy) is 2. The largest absolute Gasteiger partial charge is 0.462 e. The molecular formula is C30H27F4N5O6S2. The molecule has 248 valence electrons. The Morgan fingerprint density at radius 2 is 1.68 bits per heavy atom. The summed E-state index contributed by atoms with van der Waals surface area (Å²) >= 11 is 1.64. The van der Waals surface area contributed by atoms with Crippen molar-refractivity contribution in [3.8, 4) is 5.69 Å². The predicted octanol–water partition coefficient (Wildman–Crippen LogP) is 5.81. The Morgan fingerprint density at radius 3 is 2.36 bits per heavy atom. The van der Waals surface area contributed by atoms with E-state index in [1.165, 1.54) is 41.8 Å². The summed E-state index contributed by atoms with van der Waals surface area (Å²) in [7, 11) is 0. The average molecular weight is 694 g/mol. The Bertz CT molecular complexity index is 1810. The standard InChI is InChI=1S/C30H27F4N5O6S2/c1-4-44-27(42)23-16(3)24(28(43)45-5-2)47-26(23)36-22(40)15-46-29-38-37-21(14-35-25(41)19-11-6-7-12-20(19)31)39(29)18-10-8-9-17(13-18)30(32,33)34/h6-13H,4-5,14-15H2,1-3H3,(H,35,41)(H,36,40). The summed E-state index contributed by atoms with van der Waals surface area (Å²) in [6, 6.07) is 9.51. The van der Waals surface area contributed by atoms with Gasteiger partial charge < -0.3 is 20.1 Å². The van der Waals surface area contributed by atoms with E-state index in [9.17, 15) is 36.7 Å². The molecule has 0 aliphatic heterocycles. The topological polar surface area (TPSA) is 142 Å². The SMILES string of the molecule is CCOC(=O)c1sc(NC(=O)CSc2nnc(CNC(=O)c3ccccc3F)n2-c2cccc(C(F)(F)F)c2)c(C(=O)OCC)c1C. The predicted molar refractivity (Wildman–Crippen MR) is 164 cm³/mol. The molecule has 2 N–H and O–H groups in total. The molecule has 0 radical (unpaired) electrons. The van der Waals surface area contributed by atoms with E-state index in [1.807, 2.05) is 0 Å². The van der Waals surface area contributed by atoms with Gasteiger partial charge in [-0.05, 0) is 56.7 Å². The Morgan fingerprint density at radius 1 is 0.979 bits per heavy atom. The van der Waals surface area contributed by atoms with Gasteiger partial charge in [-0.2, -0.15) is 13.2 Å². The zero-order valence-electron chi connectivity index (χ0n) is 25.1. The van der Waals surface area contributed by atoms with Gasteiger partial charge in [-0.15, -0.1) is 21.5 Å². The van der Waals surface area contributed by atoms with Crippen molar-refractivity contribution in [1.29, 1.82) is 0 Å². The number of thioether (sulfide) groups is 1. The summed E-state index contributed by atoms with van der Waals surface area (Å²) in [6.45, 7) is 4.51. The minimum absolute atomic E-state index is 0.00481. The van der Waals surface area contributed by atoms with Crippen molar-refractivity contribution in [3.63, 3.8) is 0 Å². The van der Waals surface area contributed by atoms with Crippen molar-refractivity contribution in [3.05, 3.63) is 87.3 Å². The first-order valence-electron chi connectivity index (χ1n) is 13.9. The number of rotatable bonds is 12. The van der Waals surface area contributed by atoms with Gasteiger partial charge in [0.1, 0.15) is 15.7 Å². The highest BCUT2D eigenvalue weighted by molar-refractivity contribution is 7.99. The molecule has 0 saturated heterocycles. The maximum atomic E-state index is 14.1. The van der Waals surface area contributed by atoms with Gasteiger partial charge in [-0.25, -0.2) is 14.0 Å². The van der Waals surface area contributed by atoms with Gasteiger partial charge in [0, 0.05) is 0 Å². The van der Waals surface area contributed by atoms with Gasteiger partial charge in [-0.3, -0.25) is 14.2 Å². The Kier molecular flexibility index (Phi) is 11.4. The molecule has 4 aromatic rings. The van der Waals surface area contributed by atoms with Crippen LogP contribution in [-0.4, -0.2) is 57.5 Å². The first-order valence-corrected chi connectivity index (χ1v) is 15.7. The van der Waals surface area contributed by atoms with Crippen LogP contribution in [0, 0.1) is 12.7 Å². The van der Waals surface area contributed by atoms with Crippen molar-refractivity contribution in [2.24, 2.45) is 0 Å². The lowest BCUT2D eigenvalue weighted by Crippen LogP contribution is -2.25. The van der Waals surface area contributed by atoms with Gasteiger partial charge in [0.15, 0.2) is 11.0 Å². The fourth-order valence-corrected chi connectivity index (χ4v) is 6.10. The molecule has 17 heteroatoms. The van der Waals surface area contributed by atoms with Gasteiger partial charge in [0.2, 0.25) is 5.91 Å². The third-order valence-corrected chi connectivity index (χ3v) is 8.45. The zero-order chi connectivity index (χ0) is 34.3. The average Bonchev–Trinajstić information content (AvgIpc) is 3.59. The number of hydrogen-bond acceptors (Lipinski definition) is 10. The summed E-state index contributed by atoms with van der Waals surface area (Å²) < 4.78 is 66.2. The molecule has 47 heavy (non-hydrogen) atoms. The molecule has 0 aliphatic carbocycles. The van der Waals surface area contributed by atoms with Crippen LogP contribution in [-0.2, 0) is 27.0 Å². The summed E-state index contributed by atoms with van der Waals surface area (Å²) in [5.74, 6) is -4.01. The molecule has 0 spiro atoms. The van der Waals surface area contributed by atoms with Crippen LogP contribution in [0.2, 0.25) is 0 Å². The number of benzene rings is 2. The number of hydrogen-bond donors (Lipinski definition) is 2.